The van der Waals surface area contributed by atoms with Gasteiger partial charge in [-0.1, -0.05) is 0 Å². The monoisotopic (exact) mass is 208 g/mol. The minimum Gasteiger partial charge on any atom is -0.326 e. The Balaban J connectivity index is 2.19. The summed E-state index contributed by atoms with van der Waals surface area (Å²) in [5.74, 6) is 0. The summed E-state index contributed by atoms with van der Waals surface area (Å²) >= 11 is 0. The second-order valence-electron chi connectivity index (χ2n) is 4.36. The van der Waals surface area contributed by atoms with E-state index in [9.17, 15) is 0 Å². The fourth-order valence-corrected chi connectivity index (χ4v) is 2.41. The third kappa shape index (κ3) is 2.06. The van der Waals surface area contributed by atoms with E-state index in [0.717, 1.165) is 19.5 Å². The number of aryl methyl sites for hydroxylation is 1. The van der Waals surface area contributed by atoms with E-state index in [2.05, 4.69) is 30.2 Å². The molecule has 1 aliphatic heterocycles. The van der Waals surface area contributed by atoms with Gasteiger partial charge in [0.1, 0.15) is 0 Å². The van der Waals surface area contributed by atoms with E-state index in [1.165, 1.54) is 12.0 Å². The maximum absolute atomic E-state index is 6.17. The molecule has 2 atom stereocenters. The van der Waals surface area contributed by atoms with Gasteiger partial charge in [-0.05, 0) is 33.4 Å². The van der Waals surface area contributed by atoms with Crippen LogP contribution >= 0.6 is 0 Å². The van der Waals surface area contributed by atoms with Crippen LogP contribution in [0.25, 0.3) is 0 Å². The summed E-state index contributed by atoms with van der Waals surface area (Å²) in [5.41, 5.74) is 7.43. The van der Waals surface area contributed by atoms with E-state index in [0.29, 0.717) is 6.04 Å². The number of nitrogens with two attached hydrogens (primary N) is 1. The van der Waals surface area contributed by atoms with Gasteiger partial charge in [0.2, 0.25) is 0 Å². The van der Waals surface area contributed by atoms with E-state index in [4.69, 9.17) is 5.73 Å². The second kappa shape index (κ2) is 4.33. The van der Waals surface area contributed by atoms with Gasteiger partial charge in [0.25, 0.3) is 0 Å². The Bertz CT molecular complexity index is 310. The zero-order valence-corrected chi connectivity index (χ0v) is 9.56. The van der Waals surface area contributed by atoms with Crippen LogP contribution in [0.5, 0.6) is 0 Å². The first-order chi connectivity index (χ1) is 7.22. The molecule has 0 amide bonds. The van der Waals surface area contributed by atoms with Gasteiger partial charge >= 0.3 is 0 Å². The van der Waals surface area contributed by atoms with E-state index in [1.54, 1.807) is 0 Å². The van der Waals surface area contributed by atoms with Crippen LogP contribution in [-0.4, -0.2) is 34.3 Å². The Kier molecular flexibility index (Phi) is 3.07. The molecule has 1 saturated heterocycles. The van der Waals surface area contributed by atoms with Gasteiger partial charge in [0, 0.05) is 24.3 Å². The number of rotatable bonds is 2. The second-order valence-corrected chi connectivity index (χ2v) is 4.36. The third-order valence-electron chi connectivity index (χ3n) is 3.25. The highest BCUT2D eigenvalue weighted by Gasteiger charge is 2.28. The summed E-state index contributed by atoms with van der Waals surface area (Å²) in [4.78, 5) is 2.34. The van der Waals surface area contributed by atoms with Crippen molar-refractivity contribution in [1.29, 1.82) is 0 Å². The lowest BCUT2D eigenvalue weighted by molar-refractivity contribution is 0.163. The highest BCUT2D eigenvalue weighted by Crippen LogP contribution is 2.28. The van der Waals surface area contributed by atoms with Crippen LogP contribution in [0.3, 0.4) is 0 Å². The first-order valence-electron chi connectivity index (χ1n) is 5.70. The van der Waals surface area contributed by atoms with Crippen LogP contribution in [0.4, 0.5) is 0 Å². The normalized spacial score (nSPS) is 28.2. The van der Waals surface area contributed by atoms with E-state index >= 15 is 0 Å². The predicted octanol–water partition coefficient (Wildman–Crippen LogP) is 0.997. The van der Waals surface area contributed by atoms with E-state index in [-0.39, 0.29) is 6.04 Å². The lowest BCUT2D eigenvalue weighted by atomic mass is 9.93. The van der Waals surface area contributed by atoms with Crippen LogP contribution in [0.1, 0.15) is 31.4 Å². The van der Waals surface area contributed by atoms with E-state index < -0.39 is 0 Å². The van der Waals surface area contributed by atoms with Crippen molar-refractivity contribution in [2.45, 2.75) is 38.4 Å². The number of hydrogen-bond donors (Lipinski definition) is 1. The van der Waals surface area contributed by atoms with Crippen molar-refractivity contribution in [3.8, 4) is 0 Å². The minimum absolute atomic E-state index is 0.248. The summed E-state index contributed by atoms with van der Waals surface area (Å²) in [6.45, 7) is 4.16. The molecule has 15 heavy (non-hydrogen) atoms. The molecule has 1 aromatic rings. The average molecular weight is 208 g/mol. The molecule has 0 saturated carbocycles. The molecular weight excluding hydrogens is 188 g/mol. The van der Waals surface area contributed by atoms with Gasteiger partial charge in [-0.3, -0.25) is 9.58 Å². The molecule has 4 heteroatoms. The number of likely N-dealkylation sites (N-methyl/N-ethyl adjacent to an activating group) is 1. The lowest BCUT2D eigenvalue weighted by Crippen LogP contribution is -2.43. The summed E-state index contributed by atoms with van der Waals surface area (Å²) < 4.78 is 1.96. The summed E-state index contributed by atoms with van der Waals surface area (Å²) in [7, 11) is 2.15. The van der Waals surface area contributed by atoms with Crippen LogP contribution in [0.15, 0.2) is 12.4 Å². The summed E-state index contributed by atoms with van der Waals surface area (Å²) in [6.07, 6.45) is 6.39. The van der Waals surface area contributed by atoms with Gasteiger partial charge < -0.3 is 5.73 Å². The molecule has 0 spiro atoms. The molecule has 1 aliphatic rings. The SMILES string of the molecule is CCn1cc(C2C(N)CCCN2C)cn1. The van der Waals surface area contributed by atoms with Crippen molar-refractivity contribution in [3.63, 3.8) is 0 Å². The maximum Gasteiger partial charge on any atom is 0.0538 e. The number of piperidine rings is 1. The molecule has 0 bridgehead atoms. The molecule has 1 aromatic heterocycles. The predicted molar refractivity (Wildman–Crippen MR) is 60.5 cm³/mol. The van der Waals surface area contributed by atoms with Crippen molar-refractivity contribution in [2.24, 2.45) is 5.73 Å². The maximum atomic E-state index is 6.17. The number of likely N-dealkylation sites (tertiary alicyclic amines) is 1. The van der Waals surface area contributed by atoms with Crippen molar-refractivity contribution in [1.82, 2.24) is 14.7 Å². The molecule has 4 nitrogen and oxygen atoms in total. The van der Waals surface area contributed by atoms with Gasteiger partial charge in [-0.15, -0.1) is 0 Å². The fraction of sp³-hybridized carbons (Fsp3) is 0.727. The van der Waals surface area contributed by atoms with Crippen LogP contribution in [0, 0.1) is 0 Å². The van der Waals surface area contributed by atoms with Gasteiger partial charge in [0.05, 0.1) is 12.2 Å². The van der Waals surface area contributed by atoms with Crippen molar-refractivity contribution < 1.29 is 0 Å². The fourth-order valence-electron chi connectivity index (χ4n) is 2.41. The number of aromatic nitrogens is 2. The standard InChI is InChI=1S/C11H20N4/c1-3-15-8-9(7-13-15)11-10(12)5-4-6-14(11)2/h7-8,10-11H,3-6,12H2,1-2H3. The summed E-state index contributed by atoms with van der Waals surface area (Å²) in [6, 6.07) is 0.595. The molecule has 2 heterocycles. The van der Waals surface area contributed by atoms with E-state index in [1.807, 2.05) is 10.9 Å². The van der Waals surface area contributed by atoms with Gasteiger partial charge in [0.15, 0.2) is 0 Å². The van der Waals surface area contributed by atoms with Crippen molar-refractivity contribution in [3.05, 3.63) is 18.0 Å². The van der Waals surface area contributed by atoms with Crippen molar-refractivity contribution >= 4 is 0 Å². The Morgan fingerprint density at radius 3 is 3.00 bits per heavy atom. The molecule has 84 valence electrons. The molecular formula is C11H20N4. The Labute approximate surface area is 91.1 Å². The number of hydrogen-bond acceptors (Lipinski definition) is 3. The summed E-state index contributed by atoms with van der Waals surface area (Å²) in [5, 5.41) is 4.31. The highest BCUT2D eigenvalue weighted by atomic mass is 15.3. The number of nitrogens with zero attached hydrogens (tertiary/aromatic N) is 3. The molecule has 0 aromatic carbocycles. The van der Waals surface area contributed by atoms with Crippen LogP contribution < -0.4 is 5.73 Å². The zero-order chi connectivity index (χ0) is 10.8. The molecule has 2 rings (SSSR count). The molecule has 0 aliphatic carbocycles. The molecule has 2 N–H and O–H groups in total. The highest BCUT2D eigenvalue weighted by molar-refractivity contribution is 5.14. The van der Waals surface area contributed by atoms with Crippen LogP contribution in [-0.2, 0) is 6.54 Å². The van der Waals surface area contributed by atoms with Crippen molar-refractivity contribution in [2.75, 3.05) is 13.6 Å². The topological polar surface area (TPSA) is 47.1 Å². The first kappa shape index (κ1) is 10.6. The third-order valence-corrected chi connectivity index (χ3v) is 3.25. The first-order valence-corrected chi connectivity index (χ1v) is 5.70. The largest absolute Gasteiger partial charge is 0.326 e. The van der Waals surface area contributed by atoms with Crippen LogP contribution in [0.2, 0.25) is 0 Å². The molecule has 0 radical (unpaired) electrons. The smallest absolute Gasteiger partial charge is 0.0538 e. The van der Waals surface area contributed by atoms with Gasteiger partial charge in [-0.2, -0.15) is 5.10 Å². The molecule has 1 fully saturated rings. The lowest BCUT2D eigenvalue weighted by Gasteiger charge is -2.36. The quantitative estimate of drug-likeness (QED) is 0.788. The Hall–Kier alpha value is -0.870. The minimum atomic E-state index is 0.248. The Morgan fingerprint density at radius 1 is 1.60 bits per heavy atom. The average Bonchev–Trinajstić information content (AvgIpc) is 2.66. The zero-order valence-electron chi connectivity index (χ0n) is 9.56. The molecule has 2 unspecified atom stereocenters. The van der Waals surface area contributed by atoms with Gasteiger partial charge in [-0.25, -0.2) is 0 Å². The Morgan fingerprint density at radius 2 is 2.40 bits per heavy atom.